The molecule has 1 nitrogen and oxygen atoms in total. The highest BCUT2D eigenvalue weighted by Crippen LogP contribution is 2.28. The van der Waals surface area contributed by atoms with Gasteiger partial charge in [-0.3, -0.25) is 0 Å². The molecule has 1 aliphatic rings. The van der Waals surface area contributed by atoms with Gasteiger partial charge in [-0.05, 0) is 35.0 Å². The Morgan fingerprint density at radius 1 is 1.54 bits per heavy atom. The van der Waals surface area contributed by atoms with Gasteiger partial charge < -0.3 is 5.32 Å². The predicted molar refractivity (Wildman–Crippen MR) is 64.7 cm³/mol. The third-order valence-electron chi connectivity index (χ3n) is 2.14. The maximum Gasteiger partial charge on any atom is 0.0701 e. The van der Waals surface area contributed by atoms with E-state index in [2.05, 4.69) is 40.3 Å². The SMILES string of the molecule is CC(NC1CSC1)c1ccc(Br)s1. The molecule has 0 aliphatic carbocycles. The molecule has 2 rings (SSSR count). The third-order valence-corrected chi connectivity index (χ3v) is 5.23. The fourth-order valence-electron chi connectivity index (χ4n) is 1.33. The molecule has 1 aromatic rings. The van der Waals surface area contributed by atoms with Crippen LogP contribution in [0.15, 0.2) is 15.9 Å². The molecular formula is C9H12BrNS2. The number of thiophene rings is 1. The maximum atomic E-state index is 3.61. The van der Waals surface area contributed by atoms with Crippen molar-refractivity contribution >= 4 is 39.0 Å². The molecule has 13 heavy (non-hydrogen) atoms. The highest BCUT2D eigenvalue weighted by atomic mass is 79.9. The number of nitrogens with one attached hydrogen (secondary N) is 1. The first-order chi connectivity index (χ1) is 6.25. The average molecular weight is 278 g/mol. The van der Waals surface area contributed by atoms with E-state index in [1.165, 1.54) is 20.2 Å². The number of thioether (sulfide) groups is 1. The van der Waals surface area contributed by atoms with E-state index in [0.717, 1.165) is 6.04 Å². The molecule has 1 N–H and O–H groups in total. The van der Waals surface area contributed by atoms with Crippen LogP contribution in [-0.4, -0.2) is 17.5 Å². The minimum absolute atomic E-state index is 0.502. The lowest BCUT2D eigenvalue weighted by Gasteiger charge is -2.29. The second-order valence-corrected chi connectivity index (χ2v) is 6.83. The zero-order chi connectivity index (χ0) is 9.26. The summed E-state index contributed by atoms with van der Waals surface area (Å²) in [6, 6.07) is 5.55. The minimum Gasteiger partial charge on any atom is -0.305 e. The van der Waals surface area contributed by atoms with Crippen molar-refractivity contribution in [2.45, 2.75) is 19.0 Å². The summed E-state index contributed by atoms with van der Waals surface area (Å²) in [7, 11) is 0. The molecule has 0 bridgehead atoms. The van der Waals surface area contributed by atoms with Crippen LogP contribution in [0.3, 0.4) is 0 Å². The summed E-state index contributed by atoms with van der Waals surface area (Å²) in [6.45, 7) is 2.24. The summed E-state index contributed by atoms with van der Waals surface area (Å²) < 4.78 is 1.22. The van der Waals surface area contributed by atoms with Gasteiger partial charge in [0.15, 0.2) is 0 Å². The van der Waals surface area contributed by atoms with Crippen molar-refractivity contribution in [2.75, 3.05) is 11.5 Å². The molecule has 1 fully saturated rings. The van der Waals surface area contributed by atoms with Gasteiger partial charge in [0.1, 0.15) is 0 Å². The van der Waals surface area contributed by atoms with Gasteiger partial charge in [0.2, 0.25) is 0 Å². The predicted octanol–water partition coefficient (Wildman–Crippen LogP) is 3.28. The zero-order valence-corrected chi connectivity index (χ0v) is 10.6. The molecule has 2 heterocycles. The lowest BCUT2D eigenvalue weighted by molar-refractivity contribution is 0.508. The molecule has 1 unspecified atom stereocenters. The van der Waals surface area contributed by atoms with E-state index >= 15 is 0 Å². The van der Waals surface area contributed by atoms with Crippen molar-refractivity contribution in [2.24, 2.45) is 0 Å². The molecule has 1 aromatic heterocycles. The molecule has 72 valence electrons. The van der Waals surface area contributed by atoms with Crippen LogP contribution < -0.4 is 5.32 Å². The highest BCUT2D eigenvalue weighted by Gasteiger charge is 2.20. The van der Waals surface area contributed by atoms with Gasteiger partial charge in [-0.2, -0.15) is 11.8 Å². The van der Waals surface area contributed by atoms with Crippen LogP contribution in [0.25, 0.3) is 0 Å². The largest absolute Gasteiger partial charge is 0.305 e. The Bertz CT molecular complexity index is 283. The molecule has 1 saturated heterocycles. The summed E-state index contributed by atoms with van der Waals surface area (Å²) >= 11 is 7.32. The molecule has 4 heteroatoms. The first-order valence-corrected chi connectivity index (χ1v) is 7.11. The summed E-state index contributed by atoms with van der Waals surface area (Å²) in [5.74, 6) is 2.55. The van der Waals surface area contributed by atoms with Crippen molar-refractivity contribution in [1.29, 1.82) is 0 Å². The zero-order valence-electron chi connectivity index (χ0n) is 7.42. The first kappa shape index (κ1) is 10.0. The smallest absolute Gasteiger partial charge is 0.0701 e. The topological polar surface area (TPSA) is 12.0 Å². The molecule has 0 saturated carbocycles. The fraction of sp³-hybridized carbons (Fsp3) is 0.556. The molecule has 0 aromatic carbocycles. The van der Waals surface area contributed by atoms with E-state index in [9.17, 15) is 0 Å². The Morgan fingerprint density at radius 2 is 2.31 bits per heavy atom. The number of halogens is 1. The third kappa shape index (κ3) is 2.49. The van der Waals surface area contributed by atoms with Crippen molar-refractivity contribution in [1.82, 2.24) is 5.32 Å². The van der Waals surface area contributed by atoms with Crippen LogP contribution in [0.5, 0.6) is 0 Å². The Morgan fingerprint density at radius 3 is 2.77 bits per heavy atom. The molecule has 0 radical (unpaired) electrons. The molecule has 1 aliphatic heterocycles. The number of hydrogen-bond donors (Lipinski definition) is 1. The summed E-state index contributed by atoms with van der Waals surface area (Å²) in [4.78, 5) is 1.42. The second kappa shape index (κ2) is 4.34. The lowest BCUT2D eigenvalue weighted by Crippen LogP contribution is -2.41. The van der Waals surface area contributed by atoms with E-state index in [1.807, 2.05) is 23.1 Å². The van der Waals surface area contributed by atoms with Gasteiger partial charge in [-0.25, -0.2) is 0 Å². The van der Waals surface area contributed by atoms with Crippen LogP contribution in [0, 0.1) is 0 Å². The Labute approximate surface area is 95.4 Å². The van der Waals surface area contributed by atoms with Gasteiger partial charge >= 0.3 is 0 Å². The van der Waals surface area contributed by atoms with E-state index in [0.29, 0.717) is 6.04 Å². The quantitative estimate of drug-likeness (QED) is 0.910. The molecule has 0 amide bonds. The Kier molecular flexibility index (Phi) is 3.35. The van der Waals surface area contributed by atoms with E-state index in [4.69, 9.17) is 0 Å². The Hall–Kier alpha value is 0.490. The average Bonchev–Trinajstić information content (AvgIpc) is 2.44. The van der Waals surface area contributed by atoms with Gasteiger partial charge in [0.25, 0.3) is 0 Å². The van der Waals surface area contributed by atoms with E-state index in [-0.39, 0.29) is 0 Å². The normalized spacial score (nSPS) is 19.8. The van der Waals surface area contributed by atoms with E-state index < -0.39 is 0 Å². The fourth-order valence-corrected chi connectivity index (χ4v) is 3.43. The van der Waals surface area contributed by atoms with Crippen LogP contribution in [0.1, 0.15) is 17.8 Å². The van der Waals surface area contributed by atoms with Crippen LogP contribution in [0.2, 0.25) is 0 Å². The van der Waals surface area contributed by atoms with Crippen molar-refractivity contribution in [3.63, 3.8) is 0 Å². The van der Waals surface area contributed by atoms with Crippen molar-refractivity contribution < 1.29 is 0 Å². The van der Waals surface area contributed by atoms with Gasteiger partial charge in [-0.1, -0.05) is 0 Å². The van der Waals surface area contributed by atoms with Gasteiger partial charge in [-0.15, -0.1) is 11.3 Å². The molecule has 0 spiro atoms. The summed E-state index contributed by atoms with van der Waals surface area (Å²) in [5, 5.41) is 3.61. The Balaban J connectivity index is 1.92. The minimum atomic E-state index is 0.502. The molecule has 1 atom stereocenters. The van der Waals surface area contributed by atoms with Gasteiger partial charge in [0.05, 0.1) is 3.79 Å². The monoisotopic (exact) mass is 277 g/mol. The second-order valence-electron chi connectivity index (χ2n) is 3.26. The maximum absolute atomic E-state index is 3.61. The van der Waals surface area contributed by atoms with Crippen molar-refractivity contribution in [3.05, 3.63) is 20.8 Å². The molecular weight excluding hydrogens is 266 g/mol. The van der Waals surface area contributed by atoms with Crippen LogP contribution >= 0.6 is 39.0 Å². The van der Waals surface area contributed by atoms with Crippen LogP contribution in [0.4, 0.5) is 0 Å². The van der Waals surface area contributed by atoms with E-state index in [1.54, 1.807) is 0 Å². The van der Waals surface area contributed by atoms with Gasteiger partial charge in [0, 0.05) is 28.5 Å². The highest BCUT2D eigenvalue weighted by molar-refractivity contribution is 9.11. The number of hydrogen-bond acceptors (Lipinski definition) is 3. The van der Waals surface area contributed by atoms with Crippen LogP contribution in [-0.2, 0) is 0 Å². The first-order valence-electron chi connectivity index (χ1n) is 4.35. The number of rotatable bonds is 3. The summed E-state index contributed by atoms with van der Waals surface area (Å²) in [6.07, 6.45) is 0. The summed E-state index contributed by atoms with van der Waals surface area (Å²) in [5.41, 5.74) is 0. The lowest BCUT2D eigenvalue weighted by atomic mass is 10.2. The van der Waals surface area contributed by atoms with Crippen molar-refractivity contribution in [3.8, 4) is 0 Å². The standard InChI is InChI=1S/C9H12BrNS2/c1-6(11-7-4-12-5-7)8-2-3-9(10)13-8/h2-3,6-7,11H,4-5H2,1H3.